The molecule has 4 fully saturated rings. The molecule has 7 N–H and O–H groups in total. The van der Waals surface area contributed by atoms with Gasteiger partial charge in [-0.15, -0.1) is 5.06 Å². The fourth-order valence-electron chi connectivity index (χ4n) is 10.5. The molecule has 0 aliphatic carbocycles. The molecule has 4 heterocycles. The van der Waals surface area contributed by atoms with Crippen molar-refractivity contribution < 1.29 is 251 Å². The first kappa shape index (κ1) is 121. The molecular formula is C78H122N5NaO46. The van der Waals surface area contributed by atoms with Gasteiger partial charge in [0.15, 0.2) is 23.1 Å². The first-order valence-electron chi connectivity index (χ1n) is 40.9. The molecule has 0 aromatic carbocycles. The number of hydroxylamine groups is 8. The number of carboxylic acid groups (broad SMARTS) is 5. The molecule has 736 valence electrons. The number of carbonyl (C=O) groups excluding carboxylic acids is 14. The van der Waals surface area contributed by atoms with E-state index in [9.17, 15) is 86.3 Å². The smallest absolute Gasteiger partial charge is 0.662 e. The van der Waals surface area contributed by atoms with Crippen molar-refractivity contribution in [1.82, 2.24) is 20.3 Å². The van der Waals surface area contributed by atoms with Gasteiger partial charge in [-0.1, -0.05) is 27.7 Å². The topological polar surface area (TPSA) is 681 Å². The van der Waals surface area contributed by atoms with Crippen LogP contribution in [0, 0.1) is 34.5 Å². The molecule has 51 nitrogen and oxygen atoms in total. The van der Waals surface area contributed by atoms with E-state index in [4.69, 9.17) is 136 Å². The van der Waals surface area contributed by atoms with Gasteiger partial charge < -0.3 is 137 Å². The zero-order valence-corrected chi connectivity index (χ0v) is 76.0. The molecule has 5 amide bonds. The first-order valence-corrected chi connectivity index (χ1v) is 40.9. The molecular weight excluding hydrogens is 1770 g/mol. The van der Waals surface area contributed by atoms with Crippen LogP contribution < -0.4 is 40.5 Å². The predicted molar refractivity (Wildman–Crippen MR) is 420 cm³/mol. The molecule has 4 aliphatic rings. The third kappa shape index (κ3) is 59.6. The van der Waals surface area contributed by atoms with Crippen LogP contribution in [0.4, 0.5) is 0 Å². The van der Waals surface area contributed by atoms with E-state index in [1.54, 1.807) is 0 Å². The van der Waals surface area contributed by atoms with Crippen LogP contribution in [0.5, 0.6) is 0 Å². The zero-order chi connectivity index (χ0) is 96.4. The number of hydrogen-bond acceptors (Lipinski definition) is 42. The van der Waals surface area contributed by atoms with Crippen LogP contribution in [-0.2, 0) is 191 Å². The van der Waals surface area contributed by atoms with Gasteiger partial charge in [-0.3, -0.25) is 71.9 Å². The van der Waals surface area contributed by atoms with Crippen LogP contribution in [0.25, 0.3) is 0 Å². The van der Waals surface area contributed by atoms with E-state index < -0.39 is 156 Å². The van der Waals surface area contributed by atoms with Crippen molar-refractivity contribution in [3.63, 3.8) is 0 Å². The van der Waals surface area contributed by atoms with Crippen molar-refractivity contribution in [3.05, 3.63) is 0 Å². The van der Waals surface area contributed by atoms with Crippen LogP contribution in [0.15, 0.2) is 0 Å². The van der Waals surface area contributed by atoms with Crippen molar-refractivity contribution in [2.45, 2.75) is 118 Å². The van der Waals surface area contributed by atoms with Crippen LogP contribution in [0.1, 0.15) is 112 Å². The fourth-order valence-corrected chi connectivity index (χ4v) is 10.5. The summed E-state index contributed by atoms with van der Waals surface area (Å²) in [5, 5.41) is 55.7. The second-order valence-corrected chi connectivity index (χ2v) is 29.3. The molecule has 4 aliphatic heterocycles. The Balaban J connectivity index is 0.00000231. The van der Waals surface area contributed by atoms with Crippen molar-refractivity contribution in [2.75, 3.05) is 231 Å². The van der Waals surface area contributed by atoms with E-state index in [0.29, 0.717) is 63.2 Å². The molecule has 0 spiro atoms. The maximum atomic E-state index is 12.1. The van der Waals surface area contributed by atoms with Crippen LogP contribution in [-0.4, -0.2) is 396 Å². The van der Waals surface area contributed by atoms with Gasteiger partial charge in [0.2, 0.25) is 0 Å². The van der Waals surface area contributed by atoms with E-state index in [2.05, 4.69) is 4.89 Å². The standard InChI is InChI=1S/C37H54N4O21.C37H60O20.C3H7NO2.CH2O3.Na/c42-28-4-1-9-38(28)59-33(47)20-51-12-16-55-24-37(25-56-17-13-52-21-34(48)60-39-10-2-5-29(39)43,26-57-18-14-53-22-35(49)61-40-11-3-6-30(40)44)27-58-19-15-54-23-36(50)62-41-31(45)7-8-32(41)46;1-25(33(42)43)13-29(38)17-50-5-9-54-21-37(22-55-10-6-51-18-30(39)14-26(2)34(44)45,23-56-11-7-52-19-31(40)15-27(3)35(46)47)24-57-12-8-53-20-32(41)16-28(4)36(48)49;1-2(4)3(5)6;2-1-4-3;/h1-27H2;25-28H,5-24H2,1-4H3,(H,42,43)(H,44,45)(H,46,47)(H,48,49);2H,4H2,1H3,(H,5,6);1,3H;/q;;;;+1/p-1/t;25-,26-,27-,28-;2-;;/m.10../s1. The van der Waals surface area contributed by atoms with Crippen LogP contribution >= 0.6 is 0 Å². The van der Waals surface area contributed by atoms with Crippen LogP contribution in [0.2, 0.25) is 0 Å². The molecule has 0 aromatic rings. The number of aliphatic carboxylic acids is 5. The minimum absolute atomic E-state index is 0. The summed E-state index contributed by atoms with van der Waals surface area (Å²) in [5.74, 6) is -15.7. The predicted octanol–water partition coefficient (Wildman–Crippen LogP) is -6.36. The Bertz CT molecular complexity index is 3130. The third-order valence-corrected chi connectivity index (χ3v) is 17.3. The number of imide groups is 1. The van der Waals surface area contributed by atoms with Gasteiger partial charge in [-0.05, 0) is 26.2 Å². The summed E-state index contributed by atoms with van der Waals surface area (Å²) in [6.45, 7) is 3.82. The first-order chi connectivity index (χ1) is 61.4. The summed E-state index contributed by atoms with van der Waals surface area (Å²) in [6, 6.07) is -0.731. The fraction of sp³-hybridized carbons (Fsp3) is 0.756. The number of carboxylic acids is 5. The normalized spacial score (nSPS) is 14.8. The quantitative estimate of drug-likeness (QED) is 0.00824. The summed E-state index contributed by atoms with van der Waals surface area (Å²) < 4.78 is 89.8. The number of hydrogen-bond donors (Lipinski definition) is 6. The summed E-state index contributed by atoms with van der Waals surface area (Å²) in [5.41, 5.74) is 2.75. The van der Waals surface area contributed by atoms with E-state index in [1.165, 1.54) is 34.6 Å². The van der Waals surface area contributed by atoms with Gasteiger partial charge in [0, 0.05) is 57.8 Å². The zero-order valence-electron chi connectivity index (χ0n) is 74.0. The number of ether oxygens (including phenoxy) is 16. The Kier molecular flexibility index (Phi) is 67.9. The molecule has 0 unspecified atom stereocenters. The number of amides is 5. The molecule has 0 aromatic heterocycles. The monoisotopic (exact) mass is 1890 g/mol. The number of Topliss-reactive ketones (excluding diaryl/α,β-unsaturated/α-hetero) is 4. The number of nitrogens with zero attached hydrogens (tertiary/aromatic N) is 4. The number of rotatable bonds is 74. The molecule has 0 saturated carbocycles. The van der Waals surface area contributed by atoms with Gasteiger partial charge >= 0.3 is 83.3 Å². The number of nitrogens with two attached hydrogens (primary N) is 1. The Morgan fingerprint density at radius 1 is 0.323 bits per heavy atom. The molecule has 4 rings (SSSR count). The maximum absolute atomic E-state index is 12.1. The second kappa shape index (κ2) is 72.8. The molecule has 130 heavy (non-hydrogen) atoms. The average Bonchev–Trinajstić information content (AvgIpc) is 1.88. The Hall–Kier alpha value is -8.79. The van der Waals surface area contributed by atoms with Gasteiger partial charge in [-0.25, -0.2) is 19.2 Å². The molecule has 52 heteroatoms. The summed E-state index contributed by atoms with van der Waals surface area (Å²) in [7, 11) is 0. The third-order valence-electron chi connectivity index (χ3n) is 17.3. The van der Waals surface area contributed by atoms with Crippen molar-refractivity contribution in [1.29, 1.82) is 0 Å². The molecule has 0 bridgehead atoms. The summed E-state index contributed by atoms with van der Waals surface area (Å²) in [6.07, 6.45) is 1.75. The van der Waals surface area contributed by atoms with E-state index in [-0.39, 0.29) is 277 Å². The summed E-state index contributed by atoms with van der Waals surface area (Å²) in [4.78, 5) is 240. The minimum atomic E-state index is -1.10. The van der Waals surface area contributed by atoms with E-state index >= 15 is 0 Å². The Labute approximate surface area is 770 Å². The molecule has 5 atom stereocenters. The SMILES string of the molecule is C[C@H](CC(=O)COCCOCC(COCCOCC(=O)C[C@@H](C)C(=O)O)(COCCOCC(=O)C[C@@H](C)C(=O)O)COCCOCC(=O)C[C@@H](C)C(=O)O)C(=O)O.C[C@H](N)C(=O)O.O=C(COCCOCC(COCCOCC(=O)ON1CCCC1=O)(COCCOCC(=O)ON1CCCC1=O)COCCOCC(=O)ON1C(=O)CCC1=O)ON1CCCC1=O.O=CO[O-].[Na+]. The molecule has 4 saturated heterocycles. The van der Waals surface area contributed by atoms with Gasteiger partial charge in [0.25, 0.3) is 36.0 Å². The van der Waals surface area contributed by atoms with Gasteiger partial charge in [0.05, 0.1) is 213 Å². The van der Waals surface area contributed by atoms with Crippen LogP contribution in [0.3, 0.4) is 0 Å². The Morgan fingerprint density at radius 2 is 0.508 bits per heavy atom. The van der Waals surface area contributed by atoms with Crippen molar-refractivity contribution in [2.24, 2.45) is 40.2 Å². The van der Waals surface area contributed by atoms with Gasteiger partial charge in [0.1, 0.15) is 58.9 Å². The molecule has 0 radical (unpaired) electrons. The minimum Gasteiger partial charge on any atom is -0.662 e. The maximum Gasteiger partial charge on any atom is 1.00 e. The number of ketones is 4. The summed E-state index contributed by atoms with van der Waals surface area (Å²) >= 11 is 0. The second-order valence-electron chi connectivity index (χ2n) is 29.3. The Morgan fingerprint density at radius 3 is 0.677 bits per heavy atom. The number of carbonyl (C=O) groups is 19. The largest absolute Gasteiger partial charge is 1.00 e. The van der Waals surface area contributed by atoms with Crippen molar-refractivity contribution in [3.8, 4) is 0 Å². The average molecular weight is 1890 g/mol. The van der Waals surface area contributed by atoms with Crippen molar-refractivity contribution >= 4 is 113 Å². The van der Waals surface area contributed by atoms with Gasteiger partial charge in [-0.2, -0.15) is 15.2 Å². The van der Waals surface area contributed by atoms with E-state index in [1.807, 2.05) is 0 Å². The van der Waals surface area contributed by atoms with E-state index in [0.717, 1.165) is 15.2 Å².